The second-order valence-electron chi connectivity index (χ2n) is 5.75. The first-order valence-corrected chi connectivity index (χ1v) is 8.24. The van der Waals surface area contributed by atoms with Gasteiger partial charge in [-0.25, -0.2) is 14.0 Å². The number of nitrogens with zero attached hydrogens (tertiary/aromatic N) is 1. The molecule has 2 rings (SSSR count). The molecule has 2 aromatic rings. The molecule has 0 aliphatic heterocycles. The second kappa shape index (κ2) is 9.87. The molecule has 8 nitrogen and oxygen atoms in total. The van der Waals surface area contributed by atoms with Gasteiger partial charge in [-0.2, -0.15) is 5.26 Å². The summed E-state index contributed by atoms with van der Waals surface area (Å²) in [5.41, 5.74) is 0.886. The average Bonchev–Trinajstić information content (AvgIpc) is 2.70. The quantitative estimate of drug-likeness (QED) is 0.608. The molecule has 0 fully saturated rings. The van der Waals surface area contributed by atoms with E-state index in [1.54, 1.807) is 0 Å². The van der Waals surface area contributed by atoms with Crippen molar-refractivity contribution in [3.8, 4) is 11.8 Å². The Hall–Kier alpha value is -3.90. The van der Waals surface area contributed by atoms with Crippen LogP contribution in [0.5, 0.6) is 5.75 Å². The fourth-order valence-electron chi connectivity index (χ4n) is 2.40. The van der Waals surface area contributed by atoms with E-state index in [0.717, 1.165) is 24.3 Å². The highest BCUT2D eigenvalue weighted by molar-refractivity contribution is 5.85. The van der Waals surface area contributed by atoms with Gasteiger partial charge >= 0.3 is 12.1 Å². The maximum atomic E-state index is 13.8. The second-order valence-corrected chi connectivity index (χ2v) is 5.75. The number of aromatic hydroxyl groups is 1. The van der Waals surface area contributed by atoms with E-state index in [0.29, 0.717) is 11.3 Å². The van der Waals surface area contributed by atoms with E-state index >= 15 is 0 Å². The Kier molecular flexibility index (Phi) is 7.28. The van der Waals surface area contributed by atoms with Gasteiger partial charge < -0.3 is 19.7 Å². The Bertz CT molecular complexity index is 952. The number of aliphatic carboxylic acids is 1. The molecule has 3 N–H and O–H groups in total. The number of nitriles is 1. The summed E-state index contributed by atoms with van der Waals surface area (Å²) in [4.78, 5) is 23.1. The molecule has 1 amide bonds. The predicted molar refractivity (Wildman–Crippen MR) is 99.6 cm³/mol. The lowest BCUT2D eigenvalue weighted by Gasteiger charge is -2.24. The zero-order valence-electron chi connectivity index (χ0n) is 15.2. The number of halogens is 1. The zero-order chi connectivity index (χ0) is 21.4. The molecule has 2 atom stereocenters. The fourth-order valence-corrected chi connectivity index (χ4v) is 2.40. The van der Waals surface area contributed by atoms with E-state index in [9.17, 15) is 19.1 Å². The van der Waals surface area contributed by atoms with Gasteiger partial charge in [-0.1, -0.05) is 6.07 Å². The van der Waals surface area contributed by atoms with E-state index in [1.165, 1.54) is 37.4 Å². The molecule has 0 heterocycles. The largest absolute Gasteiger partial charge is 0.505 e. The number of nitrogens with one attached hydrogen (secondary N) is 1. The summed E-state index contributed by atoms with van der Waals surface area (Å²) >= 11 is 0. The number of amides is 1. The summed E-state index contributed by atoms with van der Waals surface area (Å²) in [6, 6.07) is 11.3. The fraction of sp³-hybridized carbons (Fsp3) is 0.150. The minimum Gasteiger partial charge on any atom is -0.505 e. The third-order valence-electron chi connectivity index (χ3n) is 3.79. The third kappa shape index (κ3) is 6.05. The van der Waals surface area contributed by atoms with Crippen LogP contribution in [0.1, 0.15) is 17.2 Å². The number of carbonyl (C=O) groups excluding carboxylic acids is 1. The van der Waals surface area contributed by atoms with E-state index in [2.05, 4.69) is 5.32 Å². The van der Waals surface area contributed by atoms with Crippen LogP contribution in [-0.2, 0) is 14.3 Å². The number of phenols is 1. The third-order valence-corrected chi connectivity index (χ3v) is 3.79. The summed E-state index contributed by atoms with van der Waals surface area (Å²) in [6.45, 7) is 0. The minimum absolute atomic E-state index is 0.136. The molecule has 0 bridgehead atoms. The van der Waals surface area contributed by atoms with Crippen molar-refractivity contribution < 1.29 is 33.7 Å². The summed E-state index contributed by atoms with van der Waals surface area (Å²) in [6.07, 6.45) is -1.24. The molecule has 0 aliphatic rings. The summed E-state index contributed by atoms with van der Waals surface area (Å²) in [7, 11) is 1.27. The number of rotatable bonds is 7. The van der Waals surface area contributed by atoms with Crippen molar-refractivity contribution in [1.29, 1.82) is 5.26 Å². The molecule has 0 aromatic heterocycles. The van der Waals surface area contributed by atoms with E-state index in [4.69, 9.17) is 19.8 Å². The number of hydrogen-bond donors (Lipinski definition) is 3. The van der Waals surface area contributed by atoms with Crippen molar-refractivity contribution in [3.63, 3.8) is 0 Å². The number of hydrogen-bond acceptors (Lipinski definition) is 6. The van der Waals surface area contributed by atoms with Crippen LogP contribution in [0.25, 0.3) is 0 Å². The van der Waals surface area contributed by atoms with Crippen LogP contribution in [-0.4, -0.2) is 35.5 Å². The lowest BCUT2D eigenvalue weighted by molar-refractivity contribution is -0.131. The number of carbonyl (C=O) groups is 2. The van der Waals surface area contributed by atoms with Crippen LogP contribution in [0.4, 0.5) is 14.9 Å². The maximum absolute atomic E-state index is 13.8. The van der Waals surface area contributed by atoms with E-state index < -0.39 is 35.8 Å². The Morgan fingerprint density at radius 1 is 1.24 bits per heavy atom. The van der Waals surface area contributed by atoms with Gasteiger partial charge in [0.25, 0.3) is 0 Å². The van der Waals surface area contributed by atoms with Crippen molar-refractivity contribution in [2.75, 3.05) is 12.4 Å². The summed E-state index contributed by atoms with van der Waals surface area (Å²) < 4.78 is 24.3. The number of anilines is 1. The van der Waals surface area contributed by atoms with Crippen LogP contribution >= 0.6 is 0 Å². The normalized spacial score (nSPS) is 12.7. The van der Waals surface area contributed by atoms with Gasteiger partial charge in [0, 0.05) is 18.9 Å². The lowest BCUT2D eigenvalue weighted by Crippen LogP contribution is -2.27. The maximum Gasteiger partial charge on any atom is 0.412 e. The molecule has 0 unspecified atom stereocenters. The van der Waals surface area contributed by atoms with E-state index in [1.807, 2.05) is 6.07 Å². The molecule has 150 valence electrons. The number of carboxylic acids is 1. The molecule has 9 heteroatoms. The average molecular weight is 400 g/mol. The zero-order valence-corrected chi connectivity index (χ0v) is 15.2. The molecule has 2 aromatic carbocycles. The molecular weight excluding hydrogens is 383 g/mol. The molecular formula is C20H17FN2O6. The topological polar surface area (TPSA) is 129 Å². The SMILES string of the molecule is CO[C@H](/C=C/C(=O)O)[C@H](OC(=O)Nc1ccc(C#N)cc1)c1ccc(O)c(F)c1. The van der Waals surface area contributed by atoms with Crippen molar-refractivity contribution in [2.24, 2.45) is 0 Å². The van der Waals surface area contributed by atoms with Gasteiger partial charge in [-0.15, -0.1) is 0 Å². The number of ether oxygens (including phenoxy) is 2. The highest BCUT2D eigenvalue weighted by Crippen LogP contribution is 2.28. The van der Waals surface area contributed by atoms with Crippen molar-refractivity contribution >= 4 is 17.7 Å². The number of carboxylic acid groups (broad SMARTS) is 1. The van der Waals surface area contributed by atoms with Gasteiger partial charge in [0.1, 0.15) is 6.10 Å². The first-order valence-electron chi connectivity index (χ1n) is 8.24. The van der Waals surface area contributed by atoms with E-state index in [-0.39, 0.29) is 5.56 Å². The van der Waals surface area contributed by atoms with Crippen LogP contribution in [0.15, 0.2) is 54.6 Å². The van der Waals surface area contributed by atoms with Crippen LogP contribution < -0.4 is 5.32 Å². The van der Waals surface area contributed by atoms with Crippen molar-refractivity contribution in [1.82, 2.24) is 0 Å². The van der Waals surface area contributed by atoms with Gasteiger partial charge in [0.2, 0.25) is 0 Å². The van der Waals surface area contributed by atoms with Crippen molar-refractivity contribution in [2.45, 2.75) is 12.2 Å². The highest BCUT2D eigenvalue weighted by atomic mass is 19.1. The number of benzene rings is 2. The van der Waals surface area contributed by atoms with Crippen LogP contribution in [0.3, 0.4) is 0 Å². The summed E-state index contributed by atoms with van der Waals surface area (Å²) in [5, 5.41) is 29.5. The van der Waals surface area contributed by atoms with Crippen LogP contribution in [0.2, 0.25) is 0 Å². The standard InChI is InChI=1S/C20H17FN2O6/c1-28-17(8-9-18(25)26)19(13-4-7-16(24)15(21)10-13)29-20(27)23-14-5-2-12(11-22)3-6-14/h2-10,17,19,24H,1H3,(H,23,27)(H,25,26)/b9-8+/t17-,19-/m1/s1. The first-order chi connectivity index (χ1) is 13.8. The smallest absolute Gasteiger partial charge is 0.412 e. The lowest BCUT2D eigenvalue weighted by atomic mass is 10.0. The van der Waals surface area contributed by atoms with Gasteiger partial charge in [0.15, 0.2) is 17.7 Å². The molecule has 0 saturated carbocycles. The molecule has 0 saturated heterocycles. The van der Waals surface area contributed by atoms with Gasteiger partial charge in [-0.05, 0) is 48.0 Å². The Labute approximate surface area is 165 Å². The van der Waals surface area contributed by atoms with Gasteiger partial charge in [0.05, 0.1) is 11.6 Å². The molecule has 0 spiro atoms. The monoisotopic (exact) mass is 400 g/mol. The highest BCUT2D eigenvalue weighted by Gasteiger charge is 2.27. The molecule has 29 heavy (non-hydrogen) atoms. The Morgan fingerprint density at radius 3 is 2.48 bits per heavy atom. The predicted octanol–water partition coefficient (Wildman–Crippen LogP) is 3.35. The molecule has 0 aliphatic carbocycles. The number of phenolic OH excluding ortho intramolecular Hbond substituents is 1. The number of methoxy groups -OCH3 is 1. The van der Waals surface area contributed by atoms with Crippen LogP contribution in [0, 0.1) is 17.1 Å². The summed E-state index contributed by atoms with van der Waals surface area (Å²) in [5.74, 6) is -2.78. The Morgan fingerprint density at radius 2 is 1.93 bits per heavy atom. The van der Waals surface area contributed by atoms with Crippen molar-refractivity contribution in [3.05, 3.63) is 71.6 Å². The first kappa shape index (κ1) is 21.4. The molecule has 0 radical (unpaired) electrons. The Balaban J connectivity index is 2.27. The minimum atomic E-state index is -1.25. The van der Waals surface area contributed by atoms with Gasteiger partial charge in [-0.3, -0.25) is 5.32 Å².